The van der Waals surface area contributed by atoms with Crippen molar-refractivity contribution in [1.82, 2.24) is 15.2 Å². The molecule has 2 heterocycles. The third-order valence-electron chi connectivity index (χ3n) is 3.98. The number of hydrogen-bond acceptors (Lipinski definition) is 4. The van der Waals surface area contributed by atoms with E-state index in [4.69, 9.17) is 0 Å². The minimum Gasteiger partial charge on any atom is -0.383 e. The molecular formula is C15H24N4O. The summed E-state index contributed by atoms with van der Waals surface area (Å²) in [6.45, 7) is 6.02. The maximum Gasteiger partial charge on any atom is 0.253 e. The predicted octanol–water partition coefficient (Wildman–Crippen LogP) is 1.73. The van der Waals surface area contributed by atoms with Gasteiger partial charge in [0.2, 0.25) is 0 Å². The molecule has 0 saturated carbocycles. The van der Waals surface area contributed by atoms with Crippen LogP contribution in [0.2, 0.25) is 0 Å². The molecule has 1 amide bonds. The van der Waals surface area contributed by atoms with Crippen molar-refractivity contribution in [2.24, 2.45) is 0 Å². The number of amides is 1. The number of nitrogens with one attached hydrogen (secondary N) is 2. The van der Waals surface area contributed by atoms with Gasteiger partial charge in [0, 0.05) is 31.4 Å². The van der Waals surface area contributed by atoms with E-state index in [0.717, 1.165) is 31.6 Å². The molecule has 2 N–H and O–H groups in total. The number of hydrogen-bond donors (Lipinski definition) is 2. The molecule has 1 fully saturated rings. The second-order valence-electron chi connectivity index (χ2n) is 5.48. The van der Waals surface area contributed by atoms with E-state index in [-0.39, 0.29) is 11.9 Å². The van der Waals surface area contributed by atoms with E-state index in [1.807, 2.05) is 6.92 Å². The van der Waals surface area contributed by atoms with Crippen LogP contribution in [-0.2, 0) is 0 Å². The topological polar surface area (TPSA) is 57.3 Å². The number of rotatable bonds is 4. The fraction of sp³-hybridized carbons (Fsp3) is 0.600. The van der Waals surface area contributed by atoms with Crippen molar-refractivity contribution >= 4 is 11.6 Å². The molecule has 1 saturated heterocycles. The quantitative estimate of drug-likeness (QED) is 0.879. The lowest BCUT2D eigenvalue weighted by Crippen LogP contribution is -2.47. The Morgan fingerprint density at radius 2 is 2.35 bits per heavy atom. The molecule has 20 heavy (non-hydrogen) atoms. The Morgan fingerprint density at radius 3 is 3.05 bits per heavy atom. The summed E-state index contributed by atoms with van der Waals surface area (Å²) in [5.74, 6) is -0.00916. The number of likely N-dealkylation sites (tertiary alicyclic amines) is 1. The van der Waals surface area contributed by atoms with Crippen molar-refractivity contribution in [2.45, 2.75) is 38.8 Å². The molecule has 0 bridgehead atoms. The number of carbonyl (C=O) groups excluding carboxylic acids is 1. The van der Waals surface area contributed by atoms with Crippen molar-refractivity contribution in [1.29, 1.82) is 0 Å². The number of piperidine rings is 1. The molecular weight excluding hydrogens is 252 g/mol. The Kier molecular flexibility index (Phi) is 4.95. The van der Waals surface area contributed by atoms with Crippen LogP contribution >= 0.6 is 0 Å². The zero-order chi connectivity index (χ0) is 14.5. The lowest BCUT2D eigenvalue weighted by molar-refractivity contribution is 0.0897. The number of nitrogens with zero attached hydrogens (tertiary/aromatic N) is 2. The first kappa shape index (κ1) is 14.8. The van der Waals surface area contributed by atoms with Crippen LogP contribution in [-0.4, -0.2) is 48.0 Å². The van der Waals surface area contributed by atoms with Gasteiger partial charge in [-0.2, -0.15) is 0 Å². The zero-order valence-electron chi connectivity index (χ0n) is 12.5. The molecule has 1 aromatic rings. The largest absolute Gasteiger partial charge is 0.383 e. The van der Waals surface area contributed by atoms with Crippen LogP contribution in [0.15, 0.2) is 18.5 Å². The minimum atomic E-state index is -0.00916. The first-order chi connectivity index (χ1) is 9.61. The van der Waals surface area contributed by atoms with Gasteiger partial charge >= 0.3 is 0 Å². The third kappa shape index (κ3) is 3.48. The van der Waals surface area contributed by atoms with E-state index < -0.39 is 0 Å². The highest BCUT2D eigenvalue weighted by atomic mass is 16.1. The Morgan fingerprint density at radius 1 is 1.55 bits per heavy atom. The fourth-order valence-corrected chi connectivity index (χ4v) is 2.61. The summed E-state index contributed by atoms with van der Waals surface area (Å²) in [5.41, 5.74) is 1.47. The SMILES string of the molecule is CCNc1cnccc1C(=O)NC1CCN(C)C(C)C1. The molecule has 1 aromatic heterocycles. The smallest absolute Gasteiger partial charge is 0.253 e. The molecule has 2 rings (SSSR count). The van der Waals surface area contributed by atoms with Gasteiger partial charge in [-0.05, 0) is 39.8 Å². The van der Waals surface area contributed by atoms with Crippen molar-refractivity contribution in [2.75, 3.05) is 25.5 Å². The molecule has 0 aliphatic carbocycles. The third-order valence-corrected chi connectivity index (χ3v) is 3.98. The predicted molar refractivity (Wildman–Crippen MR) is 81.0 cm³/mol. The van der Waals surface area contributed by atoms with Crippen LogP contribution in [0.3, 0.4) is 0 Å². The summed E-state index contributed by atoms with van der Waals surface area (Å²) in [6.07, 6.45) is 5.38. The van der Waals surface area contributed by atoms with Gasteiger partial charge in [0.25, 0.3) is 5.91 Å². The fourth-order valence-electron chi connectivity index (χ4n) is 2.61. The lowest BCUT2D eigenvalue weighted by atomic mass is 9.98. The molecule has 0 spiro atoms. The Hall–Kier alpha value is -1.62. The summed E-state index contributed by atoms with van der Waals surface area (Å²) in [4.78, 5) is 18.8. The molecule has 0 radical (unpaired) electrons. The lowest BCUT2D eigenvalue weighted by Gasteiger charge is -2.35. The van der Waals surface area contributed by atoms with Crippen LogP contribution < -0.4 is 10.6 Å². The van der Waals surface area contributed by atoms with Crippen molar-refractivity contribution in [3.63, 3.8) is 0 Å². The van der Waals surface area contributed by atoms with Crippen molar-refractivity contribution in [3.8, 4) is 0 Å². The highest BCUT2D eigenvalue weighted by Gasteiger charge is 2.24. The van der Waals surface area contributed by atoms with Gasteiger partial charge in [-0.3, -0.25) is 9.78 Å². The zero-order valence-corrected chi connectivity index (χ0v) is 12.5. The summed E-state index contributed by atoms with van der Waals surface area (Å²) >= 11 is 0. The molecule has 1 aliphatic heterocycles. The van der Waals surface area contributed by atoms with E-state index in [2.05, 4.69) is 34.5 Å². The molecule has 0 aromatic carbocycles. The van der Waals surface area contributed by atoms with Crippen LogP contribution in [0.25, 0.3) is 0 Å². The first-order valence-electron chi connectivity index (χ1n) is 7.30. The average molecular weight is 276 g/mol. The van der Waals surface area contributed by atoms with Crippen LogP contribution in [0, 0.1) is 0 Å². The van der Waals surface area contributed by atoms with Gasteiger partial charge in [-0.25, -0.2) is 0 Å². The molecule has 110 valence electrons. The van der Waals surface area contributed by atoms with Crippen molar-refractivity contribution < 1.29 is 4.79 Å². The first-order valence-corrected chi connectivity index (χ1v) is 7.30. The molecule has 5 nitrogen and oxygen atoms in total. The number of pyridine rings is 1. The monoisotopic (exact) mass is 276 g/mol. The van der Waals surface area contributed by atoms with Crippen LogP contribution in [0.5, 0.6) is 0 Å². The van der Waals surface area contributed by atoms with Gasteiger partial charge in [0.15, 0.2) is 0 Å². The second-order valence-corrected chi connectivity index (χ2v) is 5.48. The maximum absolute atomic E-state index is 12.4. The summed E-state index contributed by atoms with van der Waals surface area (Å²) in [6, 6.07) is 2.54. The molecule has 5 heteroatoms. The summed E-state index contributed by atoms with van der Waals surface area (Å²) < 4.78 is 0. The van der Waals surface area contributed by atoms with E-state index >= 15 is 0 Å². The van der Waals surface area contributed by atoms with Gasteiger partial charge in [0.1, 0.15) is 0 Å². The second kappa shape index (κ2) is 6.70. The number of aromatic nitrogens is 1. The number of carbonyl (C=O) groups is 1. The van der Waals surface area contributed by atoms with Crippen molar-refractivity contribution in [3.05, 3.63) is 24.0 Å². The van der Waals surface area contributed by atoms with E-state index in [1.165, 1.54) is 0 Å². The molecule has 2 atom stereocenters. The highest BCUT2D eigenvalue weighted by molar-refractivity contribution is 5.99. The van der Waals surface area contributed by atoms with Gasteiger partial charge in [0.05, 0.1) is 17.4 Å². The molecule has 1 aliphatic rings. The van der Waals surface area contributed by atoms with Crippen LogP contribution in [0.1, 0.15) is 37.0 Å². The van der Waals surface area contributed by atoms with Gasteiger partial charge < -0.3 is 15.5 Å². The number of anilines is 1. The Balaban J connectivity index is 2.01. The van der Waals surface area contributed by atoms with E-state index in [0.29, 0.717) is 11.6 Å². The summed E-state index contributed by atoms with van der Waals surface area (Å²) in [7, 11) is 2.13. The standard InChI is InChI=1S/C15H24N4O/c1-4-17-14-10-16-7-5-13(14)15(20)18-12-6-8-19(3)11(2)9-12/h5,7,10-12,17H,4,6,8-9H2,1-3H3,(H,18,20). The van der Waals surface area contributed by atoms with Crippen LogP contribution in [0.4, 0.5) is 5.69 Å². The minimum absolute atomic E-state index is 0.00916. The summed E-state index contributed by atoms with van der Waals surface area (Å²) in [5, 5.41) is 6.33. The Bertz CT molecular complexity index is 463. The van der Waals surface area contributed by atoms with E-state index in [1.54, 1.807) is 18.5 Å². The maximum atomic E-state index is 12.4. The van der Waals surface area contributed by atoms with Gasteiger partial charge in [-0.15, -0.1) is 0 Å². The molecule has 2 unspecified atom stereocenters. The highest BCUT2D eigenvalue weighted by Crippen LogP contribution is 2.18. The van der Waals surface area contributed by atoms with Gasteiger partial charge in [-0.1, -0.05) is 0 Å². The average Bonchev–Trinajstić information content (AvgIpc) is 2.44. The van der Waals surface area contributed by atoms with E-state index in [9.17, 15) is 4.79 Å². The Labute approximate surface area is 120 Å². The normalized spacial score (nSPS) is 23.4.